The molecule has 2 aromatic heterocycles. The standard InChI is InChI=1S/C40H29N3/c1-40(2)32-16-8-6-14-29(32)30-24-25-36-37(38(30)40)31-15-7-10-18-34(31)42(36)27-20-22-28(23-21-27)43-35-19-11-9-17-33(35)41-39(43)26-12-4-3-5-13-26/h3-25H,1-2H3. The molecule has 1 aliphatic rings. The third-order valence-corrected chi connectivity index (χ3v) is 9.31. The van der Waals surface area contributed by atoms with E-state index in [4.69, 9.17) is 4.98 Å². The van der Waals surface area contributed by atoms with Crippen LogP contribution in [0.25, 0.3) is 66.7 Å². The summed E-state index contributed by atoms with van der Waals surface area (Å²) in [5, 5.41) is 2.65. The second-order valence-corrected chi connectivity index (χ2v) is 12.0. The average Bonchev–Trinajstić information content (AvgIpc) is 3.68. The lowest BCUT2D eigenvalue weighted by Gasteiger charge is -2.22. The van der Waals surface area contributed by atoms with Gasteiger partial charge in [0.15, 0.2) is 0 Å². The first-order chi connectivity index (χ1) is 21.1. The molecule has 0 saturated heterocycles. The van der Waals surface area contributed by atoms with E-state index in [0.29, 0.717) is 0 Å². The number of benzene rings is 6. The number of nitrogens with zero attached hydrogens (tertiary/aromatic N) is 3. The van der Waals surface area contributed by atoms with Gasteiger partial charge in [-0.15, -0.1) is 0 Å². The van der Waals surface area contributed by atoms with Crippen molar-refractivity contribution in [2.75, 3.05) is 0 Å². The lowest BCUT2D eigenvalue weighted by molar-refractivity contribution is 0.666. The second kappa shape index (κ2) is 8.80. The smallest absolute Gasteiger partial charge is 0.145 e. The molecule has 0 amide bonds. The Kier molecular flexibility index (Phi) is 4.95. The molecule has 0 fully saturated rings. The van der Waals surface area contributed by atoms with E-state index in [2.05, 4.69) is 156 Å². The van der Waals surface area contributed by atoms with Crippen LogP contribution in [0.15, 0.2) is 140 Å². The number of fused-ring (bicyclic) bond motifs is 8. The van der Waals surface area contributed by atoms with Crippen molar-refractivity contribution in [1.82, 2.24) is 14.1 Å². The van der Waals surface area contributed by atoms with E-state index in [-0.39, 0.29) is 5.41 Å². The van der Waals surface area contributed by atoms with Crippen LogP contribution in [-0.4, -0.2) is 14.1 Å². The first-order valence-electron chi connectivity index (χ1n) is 14.9. The van der Waals surface area contributed by atoms with Crippen LogP contribution in [-0.2, 0) is 5.41 Å². The maximum atomic E-state index is 5.04. The van der Waals surface area contributed by atoms with Crippen molar-refractivity contribution in [3.8, 4) is 33.9 Å². The molecule has 0 N–H and O–H groups in total. The Labute approximate surface area is 250 Å². The molecule has 0 bridgehead atoms. The molecule has 8 aromatic rings. The number of para-hydroxylation sites is 3. The molecule has 0 unspecified atom stereocenters. The fourth-order valence-corrected chi connectivity index (χ4v) is 7.43. The lowest BCUT2D eigenvalue weighted by atomic mass is 9.80. The van der Waals surface area contributed by atoms with Gasteiger partial charge in [-0.3, -0.25) is 4.57 Å². The molecule has 204 valence electrons. The van der Waals surface area contributed by atoms with Crippen molar-refractivity contribution >= 4 is 32.8 Å². The summed E-state index contributed by atoms with van der Waals surface area (Å²) in [6.45, 7) is 4.75. The van der Waals surface area contributed by atoms with Crippen molar-refractivity contribution in [3.63, 3.8) is 0 Å². The molecule has 3 heteroatoms. The molecule has 0 aliphatic heterocycles. The number of aromatic nitrogens is 3. The zero-order valence-electron chi connectivity index (χ0n) is 24.1. The van der Waals surface area contributed by atoms with Crippen LogP contribution in [0.4, 0.5) is 0 Å². The largest absolute Gasteiger partial charge is 0.309 e. The van der Waals surface area contributed by atoms with E-state index in [9.17, 15) is 0 Å². The Hall–Kier alpha value is -5.41. The predicted molar refractivity (Wildman–Crippen MR) is 178 cm³/mol. The van der Waals surface area contributed by atoms with Crippen molar-refractivity contribution in [2.45, 2.75) is 19.3 Å². The summed E-state index contributed by atoms with van der Waals surface area (Å²) in [5.41, 5.74) is 13.4. The summed E-state index contributed by atoms with van der Waals surface area (Å²) in [7, 11) is 0. The van der Waals surface area contributed by atoms with Crippen molar-refractivity contribution in [1.29, 1.82) is 0 Å². The molecule has 9 rings (SSSR count). The highest BCUT2D eigenvalue weighted by molar-refractivity contribution is 6.14. The highest BCUT2D eigenvalue weighted by Crippen LogP contribution is 2.53. The highest BCUT2D eigenvalue weighted by Gasteiger charge is 2.37. The topological polar surface area (TPSA) is 22.8 Å². The van der Waals surface area contributed by atoms with Crippen LogP contribution in [0.5, 0.6) is 0 Å². The van der Waals surface area contributed by atoms with Gasteiger partial charge in [0, 0.05) is 33.1 Å². The van der Waals surface area contributed by atoms with Crippen molar-refractivity contribution in [3.05, 3.63) is 151 Å². The molecule has 6 aromatic carbocycles. The molecule has 0 radical (unpaired) electrons. The van der Waals surface area contributed by atoms with Crippen LogP contribution in [0, 0.1) is 0 Å². The third-order valence-electron chi connectivity index (χ3n) is 9.31. The molecule has 0 spiro atoms. The van der Waals surface area contributed by atoms with Gasteiger partial charge in [-0.05, 0) is 70.8 Å². The van der Waals surface area contributed by atoms with E-state index in [1.807, 2.05) is 6.07 Å². The van der Waals surface area contributed by atoms with E-state index in [1.54, 1.807) is 0 Å². The minimum atomic E-state index is -0.0828. The maximum Gasteiger partial charge on any atom is 0.145 e. The van der Waals surface area contributed by atoms with Gasteiger partial charge in [0.2, 0.25) is 0 Å². The quantitative estimate of drug-likeness (QED) is 0.214. The number of rotatable bonds is 3. The Bertz CT molecular complexity index is 2350. The molecule has 0 atom stereocenters. The zero-order chi connectivity index (χ0) is 28.7. The van der Waals surface area contributed by atoms with Gasteiger partial charge >= 0.3 is 0 Å². The van der Waals surface area contributed by atoms with Crippen LogP contribution >= 0.6 is 0 Å². The molecular formula is C40H29N3. The van der Waals surface area contributed by atoms with Crippen LogP contribution in [0.1, 0.15) is 25.0 Å². The predicted octanol–water partition coefficient (Wildman–Crippen LogP) is 10.1. The van der Waals surface area contributed by atoms with E-state index in [1.165, 1.54) is 44.1 Å². The monoisotopic (exact) mass is 551 g/mol. The molecule has 2 heterocycles. The third kappa shape index (κ3) is 3.33. The summed E-state index contributed by atoms with van der Waals surface area (Å²) < 4.78 is 4.70. The Morgan fingerprint density at radius 3 is 1.98 bits per heavy atom. The molecular weight excluding hydrogens is 522 g/mol. The minimum Gasteiger partial charge on any atom is -0.309 e. The van der Waals surface area contributed by atoms with Gasteiger partial charge in [-0.25, -0.2) is 4.98 Å². The summed E-state index contributed by atoms with van der Waals surface area (Å²) in [6.07, 6.45) is 0. The molecule has 3 nitrogen and oxygen atoms in total. The fraction of sp³-hybridized carbons (Fsp3) is 0.0750. The Morgan fingerprint density at radius 2 is 1.16 bits per heavy atom. The molecule has 0 saturated carbocycles. The fourth-order valence-electron chi connectivity index (χ4n) is 7.43. The summed E-state index contributed by atoms with van der Waals surface area (Å²) in [6, 6.07) is 50.2. The highest BCUT2D eigenvalue weighted by atomic mass is 15.1. The molecule has 43 heavy (non-hydrogen) atoms. The number of imidazole rings is 1. The summed E-state index contributed by atoms with van der Waals surface area (Å²) in [5.74, 6) is 0.948. The number of hydrogen-bond acceptors (Lipinski definition) is 1. The average molecular weight is 552 g/mol. The van der Waals surface area contributed by atoms with Gasteiger partial charge < -0.3 is 4.57 Å². The first-order valence-corrected chi connectivity index (χ1v) is 14.9. The Balaban J connectivity index is 1.26. The number of hydrogen-bond donors (Lipinski definition) is 0. The van der Waals surface area contributed by atoms with Crippen LogP contribution in [0.2, 0.25) is 0 Å². The van der Waals surface area contributed by atoms with Gasteiger partial charge in [0.25, 0.3) is 0 Å². The summed E-state index contributed by atoms with van der Waals surface area (Å²) >= 11 is 0. The van der Waals surface area contributed by atoms with Crippen LogP contribution < -0.4 is 0 Å². The molecule has 1 aliphatic carbocycles. The van der Waals surface area contributed by atoms with Crippen molar-refractivity contribution < 1.29 is 0 Å². The van der Waals surface area contributed by atoms with E-state index in [0.717, 1.165) is 33.8 Å². The van der Waals surface area contributed by atoms with Gasteiger partial charge in [-0.1, -0.05) is 105 Å². The van der Waals surface area contributed by atoms with Crippen LogP contribution in [0.3, 0.4) is 0 Å². The zero-order valence-corrected chi connectivity index (χ0v) is 24.1. The van der Waals surface area contributed by atoms with E-state index < -0.39 is 0 Å². The normalized spacial score (nSPS) is 13.5. The SMILES string of the molecule is CC1(C)c2ccccc2-c2ccc3c(c21)c1ccccc1n3-c1ccc(-n2c(-c3ccccc3)nc3ccccc32)cc1. The second-order valence-electron chi connectivity index (χ2n) is 12.0. The first kappa shape index (κ1) is 24.2. The summed E-state index contributed by atoms with van der Waals surface area (Å²) in [4.78, 5) is 5.04. The Morgan fingerprint density at radius 1 is 0.512 bits per heavy atom. The van der Waals surface area contributed by atoms with Gasteiger partial charge in [0.1, 0.15) is 5.82 Å². The lowest BCUT2D eigenvalue weighted by Crippen LogP contribution is -2.15. The van der Waals surface area contributed by atoms with Crippen molar-refractivity contribution in [2.24, 2.45) is 0 Å². The minimum absolute atomic E-state index is 0.0828. The van der Waals surface area contributed by atoms with Gasteiger partial charge in [0.05, 0.1) is 22.1 Å². The van der Waals surface area contributed by atoms with E-state index >= 15 is 0 Å². The van der Waals surface area contributed by atoms with Gasteiger partial charge in [-0.2, -0.15) is 0 Å². The maximum absolute atomic E-state index is 5.04.